The summed E-state index contributed by atoms with van der Waals surface area (Å²) >= 11 is 5.60. The van der Waals surface area contributed by atoms with Crippen LogP contribution in [-0.4, -0.2) is 15.3 Å². The molecule has 1 heterocycles. The number of halogens is 1. The summed E-state index contributed by atoms with van der Waals surface area (Å²) in [6.07, 6.45) is 1.69. The molecule has 1 N–H and O–H groups in total. The lowest BCUT2D eigenvalue weighted by Gasteiger charge is -1.88. The molecule has 0 amide bonds. The van der Waals surface area contributed by atoms with Gasteiger partial charge < -0.3 is 5.21 Å². The Balaban J connectivity index is 0.000000261. The third kappa shape index (κ3) is 6.76. The van der Waals surface area contributed by atoms with E-state index in [0.717, 1.165) is 10.7 Å². The molecule has 0 atom stereocenters. The first-order valence-corrected chi connectivity index (χ1v) is 3.31. The van der Waals surface area contributed by atoms with Crippen molar-refractivity contribution in [2.75, 3.05) is 0 Å². The van der Waals surface area contributed by atoms with Crippen LogP contribution in [0.1, 0.15) is 5.69 Å². The Morgan fingerprint density at radius 2 is 2.25 bits per heavy atom. The van der Waals surface area contributed by atoms with Gasteiger partial charge in [0.05, 0.1) is 0 Å². The van der Waals surface area contributed by atoms with Crippen LogP contribution in [0.25, 0.3) is 0 Å². The van der Waals surface area contributed by atoms with Gasteiger partial charge in [0.15, 0.2) is 0 Å². The van der Waals surface area contributed by atoms with Gasteiger partial charge in [-0.05, 0) is 19.1 Å². The number of rotatable bonds is 0. The Labute approximate surface area is 73.7 Å². The molecule has 0 aliphatic heterocycles. The Bertz CT molecular complexity index is 245. The molecule has 12 heavy (non-hydrogen) atoms. The predicted molar refractivity (Wildman–Crippen MR) is 42.8 cm³/mol. The fraction of sp³-hybridized carbons (Fsp3) is 0.167. The smallest absolute Gasteiger partial charge is 0.291 e. The van der Waals surface area contributed by atoms with Crippen molar-refractivity contribution in [3.63, 3.8) is 0 Å². The molecule has 1 aromatic rings. The molecule has 5 nitrogen and oxygen atoms in total. The van der Waals surface area contributed by atoms with Crippen molar-refractivity contribution in [3.8, 4) is 0 Å². The van der Waals surface area contributed by atoms with Crippen molar-refractivity contribution < 1.29 is 10.3 Å². The first-order chi connectivity index (χ1) is 5.52. The minimum Gasteiger partial charge on any atom is -0.328 e. The molecule has 0 saturated heterocycles. The van der Waals surface area contributed by atoms with Crippen molar-refractivity contribution in [2.24, 2.45) is 0 Å². The second-order valence-corrected chi connectivity index (χ2v) is 2.29. The molecule has 0 unspecified atom stereocenters. The van der Waals surface area contributed by atoms with E-state index in [0.29, 0.717) is 0 Å². The van der Waals surface area contributed by atoms with Crippen LogP contribution in [0.15, 0.2) is 18.3 Å². The molecule has 0 bridgehead atoms. The molecular formula is C6H7ClN2O3. The van der Waals surface area contributed by atoms with E-state index in [9.17, 15) is 0 Å². The van der Waals surface area contributed by atoms with Gasteiger partial charge in [-0.2, -0.15) is 0 Å². The van der Waals surface area contributed by atoms with Crippen molar-refractivity contribution in [1.82, 2.24) is 4.98 Å². The van der Waals surface area contributed by atoms with Gasteiger partial charge in [0.1, 0.15) is 0 Å². The van der Waals surface area contributed by atoms with Gasteiger partial charge in [0, 0.05) is 16.9 Å². The van der Waals surface area contributed by atoms with Gasteiger partial charge in [-0.1, -0.05) is 11.6 Å². The normalized spacial score (nSPS) is 8.17. The Morgan fingerprint density at radius 1 is 1.75 bits per heavy atom. The number of pyridine rings is 1. The first kappa shape index (κ1) is 10.6. The molecule has 66 valence electrons. The molecule has 0 spiro atoms. The molecular weight excluding hydrogens is 184 g/mol. The van der Waals surface area contributed by atoms with Crippen LogP contribution >= 0.6 is 11.6 Å². The molecule has 0 aliphatic rings. The lowest BCUT2D eigenvalue weighted by atomic mass is 10.4. The molecule has 0 fully saturated rings. The summed E-state index contributed by atoms with van der Waals surface area (Å²) in [5.41, 5.74) is 0.956. The van der Waals surface area contributed by atoms with E-state index >= 15 is 0 Å². The Kier molecular flexibility index (Phi) is 4.71. The van der Waals surface area contributed by atoms with Crippen LogP contribution in [0.5, 0.6) is 0 Å². The summed E-state index contributed by atoms with van der Waals surface area (Å²) in [7, 11) is 0. The average molecular weight is 191 g/mol. The van der Waals surface area contributed by atoms with Crippen molar-refractivity contribution >= 4 is 11.6 Å². The van der Waals surface area contributed by atoms with E-state index in [1.54, 1.807) is 12.3 Å². The quantitative estimate of drug-likeness (QED) is 0.499. The second kappa shape index (κ2) is 5.31. The molecule has 0 radical (unpaired) electrons. The number of aromatic nitrogens is 1. The summed E-state index contributed by atoms with van der Waals surface area (Å²) in [4.78, 5) is 12.3. The van der Waals surface area contributed by atoms with Crippen molar-refractivity contribution in [1.29, 1.82) is 0 Å². The van der Waals surface area contributed by atoms with E-state index in [4.69, 9.17) is 26.9 Å². The minimum atomic E-state index is -1.50. The average Bonchev–Trinajstić information content (AvgIpc) is 1.84. The summed E-state index contributed by atoms with van der Waals surface area (Å²) in [6, 6.07) is 3.58. The monoisotopic (exact) mass is 190 g/mol. The van der Waals surface area contributed by atoms with Gasteiger partial charge in [-0.3, -0.25) is 4.98 Å². The second-order valence-electron chi connectivity index (χ2n) is 1.85. The zero-order valence-corrected chi connectivity index (χ0v) is 7.02. The van der Waals surface area contributed by atoms with E-state index in [1.165, 1.54) is 0 Å². The lowest BCUT2D eigenvalue weighted by Crippen LogP contribution is -1.81. The summed E-state index contributed by atoms with van der Waals surface area (Å²) in [5.74, 6) is 0. The van der Waals surface area contributed by atoms with Crippen LogP contribution < -0.4 is 0 Å². The van der Waals surface area contributed by atoms with E-state index in [-0.39, 0.29) is 0 Å². The molecule has 0 saturated carbocycles. The SMILES string of the molecule is Cc1cc(Cl)ccn1.O=[N+]([O-])O. The molecule has 0 aliphatic carbocycles. The lowest BCUT2D eigenvalue weighted by molar-refractivity contribution is -0.742. The highest BCUT2D eigenvalue weighted by Gasteiger charge is 1.84. The molecule has 1 aromatic heterocycles. The first-order valence-electron chi connectivity index (χ1n) is 2.94. The van der Waals surface area contributed by atoms with Gasteiger partial charge >= 0.3 is 0 Å². The maximum absolute atomic E-state index is 8.36. The van der Waals surface area contributed by atoms with Gasteiger partial charge in [0.2, 0.25) is 0 Å². The topological polar surface area (TPSA) is 76.3 Å². The highest BCUT2D eigenvalue weighted by atomic mass is 35.5. The fourth-order valence-corrected chi connectivity index (χ4v) is 0.725. The third-order valence-corrected chi connectivity index (χ3v) is 1.09. The van der Waals surface area contributed by atoms with Crippen LogP contribution in [0.3, 0.4) is 0 Å². The van der Waals surface area contributed by atoms with E-state index in [2.05, 4.69) is 4.98 Å². The number of aryl methyl sites for hydroxylation is 1. The van der Waals surface area contributed by atoms with Crippen LogP contribution in [0.4, 0.5) is 0 Å². The summed E-state index contributed by atoms with van der Waals surface area (Å²) in [5, 5.41) is 14.4. The van der Waals surface area contributed by atoms with Crippen LogP contribution in [-0.2, 0) is 0 Å². The summed E-state index contributed by atoms with van der Waals surface area (Å²) < 4.78 is 0. The van der Waals surface area contributed by atoms with Gasteiger partial charge in [-0.25, -0.2) is 0 Å². The third-order valence-electron chi connectivity index (χ3n) is 0.859. The highest BCUT2D eigenvalue weighted by molar-refractivity contribution is 6.30. The molecule has 0 aromatic carbocycles. The van der Waals surface area contributed by atoms with Gasteiger partial charge in [0.25, 0.3) is 5.09 Å². The number of hydrogen-bond donors (Lipinski definition) is 1. The zero-order valence-electron chi connectivity index (χ0n) is 6.27. The van der Waals surface area contributed by atoms with E-state index < -0.39 is 5.09 Å². The van der Waals surface area contributed by atoms with Crippen LogP contribution in [0, 0.1) is 17.0 Å². The zero-order chi connectivity index (χ0) is 9.56. The maximum atomic E-state index is 8.36. The molecule has 6 heteroatoms. The summed E-state index contributed by atoms with van der Waals surface area (Å²) in [6.45, 7) is 1.91. The number of hydrogen-bond acceptors (Lipinski definition) is 3. The maximum Gasteiger partial charge on any atom is 0.291 e. The largest absolute Gasteiger partial charge is 0.328 e. The van der Waals surface area contributed by atoms with Crippen molar-refractivity contribution in [3.05, 3.63) is 39.2 Å². The standard InChI is InChI=1S/C6H6ClN.HNO3/c1-5-4-6(7)2-3-8-5;2-1(3)4/h2-4H,1H3;(H,2,3,4). The van der Waals surface area contributed by atoms with Gasteiger partial charge in [-0.15, -0.1) is 10.1 Å². The fourth-order valence-electron chi connectivity index (χ4n) is 0.511. The molecule has 1 rings (SSSR count). The van der Waals surface area contributed by atoms with Crippen LogP contribution in [0.2, 0.25) is 5.02 Å². The highest BCUT2D eigenvalue weighted by Crippen LogP contribution is 2.05. The number of nitrogens with zero attached hydrogens (tertiary/aromatic N) is 2. The Hall–Kier alpha value is -1.36. The Morgan fingerprint density at radius 3 is 2.50 bits per heavy atom. The minimum absolute atomic E-state index is 0.748. The van der Waals surface area contributed by atoms with E-state index in [1.807, 2.05) is 13.0 Å². The predicted octanol–water partition coefficient (Wildman–Crippen LogP) is 1.70. The van der Waals surface area contributed by atoms with Crippen molar-refractivity contribution in [2.45, 2.75) is 6.92 Å².